The normalized spacial score (nSPS) is 39.5. The second-order valence-electron chi connectivity index (χ2n) is 1.79. The molecule has 4 heteroatoms. The fourth-order valence-corrected chi connectivity index (χ4v) is 2.23. The SMILES string of the molecule is O=S1(=S)CCCCO1. The van der Waals surface area contributed by atoms with Crippen LogP contribution < -0.4 is 0 Å². The molecule has 0 radical (unpaired) electrons. The summed E-state index contributed by atoms with van der Waals surface area (Å²) in [6, 6.07) is 0. The first-order valence-electron chi connectivity index (χ1n) is 2.58. The molecule has 2 nitrogen and oxygen atoms in total. The van der Waals surface area contributed by atoms with E-state index in [4.69, 9.17) is 4.18 Å². The van der Waals surface area contributed by atoms with Gasteiger partial charge in [-0.3, -0.25) is 4.18 Å². The standard InChI is InChI=1S/C4H8O2S2/c5-8(7)4-2-1-3-6-8/h1-4H2. The van der Waals surface area contributed by atoms with Gasteiger partial charge in [0.15, 0.2) is 0 Å². The Kier molecular flexibility index (Phi) is 1.84. The summed E-state index contributed by atoms with van der Waals surface area (Å²) in [5.74, 6) is 0.572. The Labute approximate surface area is 54.1 Å². The van der Waals surface area contributed by atoms with Crippen LogP contribution in [0.1, 0.15) is 12.8 Å². The lowest BCUT2D eigenvalue weighted by atomic mass is 10.4. The zero-order valence-corrected chi connectivity index (χ0v) is 6.09. The van der Waals surface area contributed by atoms with Gasteiger partial charge in [0.1, 0.15) is 8.77 Å². The third kappa shape index (κ3) is 1.69. The summed E-state index contributed by atoms with van der Waals surface area (Å²) >= 11 is 4.60. The maximum atomic E-state index is 10.8. The maximum absolute atomic E-state index is 10.8. The lowest BCUT2D eigenvalue weighted by Crippen LogP contribution is -2.15. The van der Waals surface area contributed by atoms with Gasteiger partial charge in [-0.15, -0.1) is 0 Å². The predicted molar refractivity (Wildman–Crippen MR) is 35.6 cm³/mol. The molecule has 0 saturated carbocycles. The van der Waals surface area contributed by atoms with Crippen LogP contribution in [0.3, 0.4) is 0 Å². The van der Waals surface area contributed by atoms with Gasteiger partial charge in [-0.2, -0.15) is 0 Å². The molecule has 0 aromatic carbocycles. The second-order valence-corrected chi connectivity index (χ2v) is 5.07. The van der Waals surface area contributed by atoms with Gasteiger partial charge in [0, 0.05) is 11.2 Å². The second kappa shape index (κ2) is 2.29. The summed E-state index contributed by atoms with van der Waals surface area (Å²) in [6.45, 7) is 0.586. The van der Waals surface area contributed by atoms with Crippen LogP contribution in [0, 0.1) is 0 Å². The molecule has 0 spiro atoms. The molecule has 0 aromatic heterocycles. The Bertz CT molecular complexity index is 147. The quantitative estimate of drug-likeness (QED) is 0.504. The molecule has 1 rings (SSSR count). The van der Waals surface area contributed by atoms with Crippen molar-refractivity contribution in [2.45, 2.75) is 12.8 Å². The summed E-state index contributed by atoms with van der Waals surface area (Å²) in [4.78, 5) is 0. The van der Waals surface area contributed by atoms with E-state index in [1.165, 1.54) is 0 Å². The van der Waals surface area contributed by atoms with Gasteiger partial charge in [0.2, 0.25) is 0 Å². The van der Waals surface area contributed by atoms with Crippen molar-refractivity contribution in [2.75, 3.05) is 12.4 Å². The van der Waals surface area contributed by atoms with E-state index in [0.717, 1.165) is 12.8 Å². The van der Waals surface area contributed by atoms with E-state index in [-0.39, 0.29) is 0 Å². The van der Waals surface area contributed by atoms with Gasteiger partial charge >= 0.3 is 0 Å². The monoisotopic (exact) mass is 152 g/mol. The Balaban J connectivity index is 2.58. The highest BCUT2D eigenvalue weighted by Crippen LogP contribution is 2.07. The minimum atomic E-state index is -2.25. The summed E-state index contributed by atoms with van der Waals surface area (Å²) in [5.41, 5.74) is 0. The molecular weight excluding hydrogens is 144 g/mol. The van der Waals surface area contributed by atoms with E-state index in [1.54, 1.807) is 0 Å². The van der Waals surface area contributed by atoms with Gasteiger partial charge in [0.25, 0.3) is 0 Å². The minimum Gasteiger partial charge on any atom is -0.290 e. The third-order valence-electron chi connectivity index (χ3n) is 1.05. The first-order chi connectivity index (χ1) is 3.71. The van der Waals surface area contributed by atoms with E-state index in [2.05, 4.69) is 11.2 Å². The van der Waals surface area contributed by atoms with Crippen molar-refractivity contribution in [3.63, 3.8) is 0 Å². The molecule has 1 atom stereocenters. The summed E-state index contributed by atoms with van der Waals surface area (Å²) in [7, 11) is -2.25. The Morgan fingerprint density at radius 2 is 2.25 bits per heavy atom. The van der Waals surface area contributed by atoms with E-state index in [0.29, 0.717) is 12.4 Å². The van der Waals surface area contributed by atoms with Crippen LogP contribution in [0.25, 0.3) is 0 Å². The predicted octanol–water partition coefficient (Wildman–Crippen LogP) is 0.458. The zero-order chi connectivity index (χ0) is 6.04. The van der Waals surface area contributed by atoms with Crippen LogP contribution in [-0.2, 0) is 24.1 Å². The first-order valence-corrected chi connectivity index (χ1v) is 5.15. The Hall–Kier alpha value is 0.330. The van der Waals surface area contributed by atoms with Crippen LogP contribution in [0.4, 0.5) is 0 Å². The van der Waals surface area contributed by atoms with Crippen molar-refractivity contribution in [1.82, 2.24) is 0 Å². The van der Waals surface area contributed by atoms with Crippen molar-refractivity contribution in [3.8, 4) is 0 Å². The average molecular weight is 152 g/mol. The van der Waals surface area contributed by atoms with Crippen molar-refractivity contribution in [2.24, 2.45) is 0 Å². The summed E-state index contributed by atoms with van der Waals surface area (Å²) in [5, 5.41) is 0. The van der Waals surface area contributed by atoms with Gasteiger partial charge in [-0.25, -0.2) is 4.21 Å². The molecule has 0 N–H and O–H groups in total. The lowest BCUT2D eigenvalue weighted by molar-refractivity contribution is 0.318. The molecule has 0 amide bonds. The fourth-order valence-electron chi connectivity index (χ4n) is 0.626. The zero-order valence-electron chi connectivity index (χ0n) is 4.46. The minimum absolute atomic E-state index is 0.572. The van der Waals surface area contributed by atoms with Crippen molar-refractivity contribution in [3.05, 3.63) is 0 Å². The van der Waals surface area contributed by atoms with Crippen LogP contribution in [0.5, 0.6) is 0 Å². The Morgan fingerprint density at radius 3 is 2.50 bits per heavy atom. The molecule has 1 fully saturated rings. The molecule has 8 heavy (non-hydrogen) atoms. The molecule has 1 saturated heterocycles. The van der Waals surface area contributed by atoms with E-state index >= 15 is 0 Å². The van der Waals surface area contributed by atoms with E-state index < -0.39 is 8.77 Å². The highest BCUT2D eigenvalue weighted by atomic mass is 32.8. The molecule has 0 aliphatic carbocycles. The molecule has 0 aromatic rings. The highest BCUT2D eigenvalue weighted by Gasteiger charge is 2.10. The number of rotatable bonds is 0. The third-order valence-corrected chi connectivity index (χ3v) is 3.15. The fraction of sp³-hybridized carbons (Fsp3) is 1.00. The molecular formula is C4H8O2S2. The van der Waals surface area contributed by atoms with Crippen LogP contribution >= 0.6 is 0 Å². The first kappa shape index (κ1) is 6.45. The van der Waals surface area contributed by atoms with Crippen molar-refractivity contribution >= 4 is 20.0 Å². The van der Waals surface area contributed by atoms with Gasteiger partial charge < -0.3 is 0 Å². The Morgan fingerprint density at radius 1 is 1.50 bits per heavy atom. The maximum Gasteiger partial charge on any atom is 0.144 e. The lowest BCUT2D eigenvalue weighted by Gasteiger charge is -2.12. The molecule has 1 unspecified atom stereocenters. The molecule has 1 aliphatic heterocycles. The van der Waals surface area contributed by atoms with Crippen LogP contribution in [0.15, 0.2) is 0 Å². The van der Waals surface area contributed by atoms with Crippen LogP contribution in [0.2, 0.25) is 0 Å². The van der Waals surface area contributed by atoms with Gasteiger partial charge in [-0.05, 0) is 12.8 Å². The van der Waals surface area contributed by atoms with Gasteiger partial charge in [-0.1, -0.05) is 0 Å². The topological polar surface area (TPSA) is 26.3 Å². The average Bonchev–Trinajstić information content (AvgIpc) is 1.65. The number of hydrogen-bond acceptors (Lipinski definition) is 3. The van der Waals surface area contributed by atoms with Crippen molar-refractivity contribution in [1.29, 1.82) is 0 Å². The number of hydrogen-bond donors (Lipinski definition) is 0. The van der Waals surface area contributed by atoms with Crippen molar-refractivity contribution < 1.29 is 8.39 Å². The van der Waals surface area contributed by atoms with Gasteiger partial charge in [0.05, 0.1) is 12.4 Å². The molecule has 0 bridgehead atoms. The summed E-state index contributed by atoms with van der Waals surface area (Å²) in [6.07, 6.45) is 1.97. The van der Waals surface area contributed by atoms with E-state index in [1.807, 2.05) is 0 Å². The molecule has 1 heterocycles. The highest BCUT2D eigenvalue weighted by molar-refractivity contribution is 8.30. The van der Waals surface area contributed by atoms with Crippen LogP contribution in [-0.4, -0.2) is 16.6 Å². The molecule has 48 valence electrons. The summed E-state index contributed by atoms with van der Waals surface area (Å²) < 4.78 is 15.6. The largest absolute Gasteiger partial charge is 0.290 e. The van der Waals surface area contributed by atoms with E-state index in [9.17, 15) is 4.21 Å². The molecule has 1 aliphatic rings. The smallest absolute Gasteiger partial charge is 0.144 e.